The van der Waals surface area contributed by atoms with Crippen LogP contribution in [0, 0.1) is 0 Å². The smallest absolute Gasteiger partial charge is 0.111 e. The van der Waals surface area contributed by atoms with E-state index in [2.05, 4.69) is 35.2 Å². The maximum absolute atomic E-state index is 10.8. The topological polar surface area (TPSA) is 41.3 Å². The lowest BCUT2D eigenvalue weighted by atomic mass is 9.87. The molecule has 1 aliphatic rings. The predicted molar refractivity (Wildman–Crippen MR) is 81.7 cm³/mol. The lowest BCUT2D eigenvalue weighted by Gasteiger charge is -2.42. The van der Waals surface area contributed by atoms with Crippen molar-refractivity contribution in [2.24, 2.45) is 0 Å². The van der Waals surface area contributed by atoms with Gasteiger partial charge in [-0.3, -0.25) is 4.90 Å². The molecule has 2 heterocycles. The third kappa shape index (κ3) is 3.07. The highest BCUT2D eigenvalue weighted by Gasteiger charge is 2.38. The van der Waals surface area contributed by atoms with Gasteiger partial charge in [0.25, 0.3) is 0 Å². The molecule has 2 unspecified atom stereocenters. The minimum absolute atomic E-state index is 0.126. The summed E-state index contributed by atoms with van der Waals surface area (Å²) < 4.78 is 2.17. The number of likely N-dealkylation sites (tertiary alicyclic amines) is 1. The number of aryl methyl sites for hydroxylation is 1. The van der Waals surface area contributed by atoms with E-state index in [0.29, 0.717) is 6.42 Å². The van der Waals surface area contributed by atoms with E-state index in [1.54, 1.807) is 0 Å². The largest absolute Gasteiger partial charge is 0.391 e. The Kier molecular flexibility index (Phi) is 5.22. The number of aliphatic hydroxyl groups is 1. The molecular weight excluding hydrogens is 250 g/mol. The number of aromatic nitrogens is 2. The van der Waals surface area contributed by atoms with E-state index >= 15 is 0 Å². The molecule has 1 fully saturated rings. The van der Waals surface area contributed by atoms with Crippen molar-refractivity contribution in [3.05, 3.63) is 18.2 Å². The molecule has 1 aromatic rings. The highest BCUT2D eigenvalue weighted by Crippen LogP contribution is 2.29. The highest BCUT2D eigenvalue weighted by atomic mass is 16.3. The van der Waals surface area contributed by atoms with Gasteiger partial charge in [-0.25, -0.2) is 4.98 Å². The van der Waals surface area contributed by atoms with Crippen LogP contribution in [0.2, 0.25) is 0 Å². The van der Waals surface area contributed by atoms with E-state index in [1.807, 2.05) is 12.4 Å². The van der Waals surface area contributed by atoms with Crippen molar-refractivity contribution in [3.8, 4) is 0 Å². The summed E-state index contributed by atoms with van der Waals surface area (Å²) in [7, 11) is 0. The number of nitrogens with zero attached hydrogens (tertiary/aromatic N) is 3. The zero-order valence-electron chi connectivity index (χ0n) is 13.2. The summed E-state index contributed by atoms with van der Waals surface area (Å²) in [5, 5.41) is 10.8. The molecule has 2 atom stereocenters. The predicted octanol–water partition coefficient (Wildman–Crippen LogP) is 2.46. The summed E-state index contributed by atoms with van der Waals surface area (Å²) in [6.07, 6.45) is 8.73. The SMILES string of the molecule is CCCn1ccnc1CC(O)C(C)(CC)N1CCCC1. The van der Waals surface area contributed by atoms with Gasteiger partial charge < -0.3 is 9.67 Å². The minimum Gasteiger partial charge on any atom is -0.391 e. The Balaban J connectivity index is 2.08. The van der Waals surface area contributed by atoms with Gasteiger partial charge >= 0.3 is 0 Å². The Morgan fingerprint density at radius 1 is 1.35 bits per heavy atom. The first-order valence-electron chi connectivity index (χ1n) is 8.05. The second-order valence-corrected chi connectivity index (χ2v) is 6.16. The lowest BCUT2D eigenvalue weighted by Crippen LogP contribution is -2.54. The zero-order valence-corrected chi connectivity index (χ0v) is 13.2. The van der Waals surface area contributed by atoms with Crippen LogP contribution in [0.1, 0.15) is 52.3 Å². The van der Waals surface area contributed by atoms with Crippen LogP contribution in [0.15, 0.2) is 12.4 Å². The second kappa shape index (κ2) is 6.72. The average Bonchev–Trinajstić information content (AvgIpc) is 3.10. The molecule has 1 N–H and O–H groups in total. The normalized spacial score (nSPS) is 21.0. The minimum atomic E-state index is -0.358. The Morgan fingerprint density at radius 2 is 2.05 bits per heavy atom. The summed E-state index contributed by atoms with van der Waals surface area (Å²) in [4.78, 5) is 6.90. The van der Waals surface area contributed by atoms with Crippen LogP contribution in [0.4, 0.5) is 0 Å². The molecule has 0 bridgehead atoms. The first kappa shape index (κ1) is 15.5. The molecule has 4 heteroatoms. The van der Waals surface area contributed by atoms with Crippen LogP contribution in [0.5, 0.6) is 0 Å². The molecule has 2 rings (SSSR count). The summed E-state index contributed by atoms with van der Waals surface area (Å²) in [5.41, 5.74) is -0.126. The molecule has 0 aliphatic carbocycles. The highest BCUT2D eigenvalue weighted by molar-refractivity contribution is 5.01. The fourth-order valence-electron chi connectivity index (χ4n) is 3.27. The first-order chi connectivity index (χ1) is 9.61. The molecule has 0 amide bonds. The fraction of sp³-hybridized carbons (Fsp3) is 0.812. The van der Waals surface area contributed by atoms with Crippen LogP contribution < -0.4 is 0 Å². The van der Waals surface area contributed by atoms with E-state index in [0.717, 1.165) is 38.3 Å². The van der Waals surface area contributed by atoms with Gasteiger partial charge in [0.05, 0.1) is 6.10 Å². The third-order valence-corrected chi connectivity index (χ3v) is 4.90. The van der Waals surface area contributed by atoms with Gasteiger partial charge in [0.15, 0.2) is 0 Å². The summed E-state index contributed by atoms with van der Waals surface area (Å²) in [6.45, 7) is 9.76. The Hall–Kier alpha value is -0.870. The Bertz CT molecular complexity index is 412. The van der Waals surface area contributed by atoms with Crippen LogP contribution >= 0.6 is 0 Å². The van der Waals surface area contributed by atoms with Crippen molar-refractivity contribution >= 4 is 0 Å². The molecular formula is C16H29N3O. The molecule has 4 nitrogen and oxygen atoms in total. The Morgan fingerprint density at radius 3 is 2.65 bits per heavy atom. The number of aliphatic hydroxyl groups excluding tert-OH is 1. The number of hydrogen-bond acceptors (Lipinski definition) is 3. The number of hydrogen-bond donors (Lipinski definition) is 1. The van der Waals surface area contributed by atoms with Crippen molar-refractivity contribution in [2.75, 3.05) is 13.1 Å². The molecule has 0 spiro atoms. The molecule has 20 heavy (non-hydrogen) atoms. The monoisotopic (exact) mass is 279 g/mol. The van der Waals surface area contributed by atoms with Crippen LogP contribution in [-0.2, 0) is 13.0 Å². The van der Waals surface area contributed by atoms with E-state index in [1.165, 1.54) is 12.8 Å². The molecule has 1 aliphatic heterocycles. The van der Waals surface area contributed by atoms with Gasteiger partial charge in [0.1, 0.15) is 5.82 Å². The van der Waals surface area contributed by atoms with Crippen LogP contribution in [0.3, 0.4) is 0 Å². The molecule has 114 valence electrons. The van der Waals surface area contributed by atoms with Crippen molar-refractivity contribution in [3.63, 3.8) is 0 Å². The number of imidazole rings is 1. The maximum atomic E-state index is 10.8. The zero-order chi connectivity index (χ0) is 14.6. The van der Waals surface area contributed by atoms with Gasteiger partial charge in [-0.05, 0) is 45.7 Å². The summed E-state index contributed by atoms with van der Waals surface area (Å²) in [6, 6.07) is 0. The van der Waals surface area contributed by atoms with E-state index in [9.17, 15) is 5.11 Å². The van der Waals surface area contributed by atoms with Crippen molar-refractivity contribution in [1.82, 2.24) is 14.5 Å². The molecule has 1 aromatic heterocycles. The maximum Gasteiger partial charge on any atom is 0.111 e. The average molecular weight is 279 g/mol. The van der Waals surface area contributed by atoms with Crippen molar-refractivity contribution < 1.29 is 5.11 Å². The van der Waals surface area contributed by atoms with Gasteiger partial charge in [0.2, 0.25) is 0 Å². The Labute approximate surface area is 122 Å². The van der Waals surface area contributed by atoms with E-state index in [4.69, 9.17) is 0 Å². The van der Waals surface area contributed by atoms with Gasteiger partial charge in [-0.15, -0.1) is 0 Å². The van der Waals surface area contributed by atoms with Crippen molar-refractivity contribution in [2.45, 2.75) is 71.1 Å². The van der Waals surface area contributed by atoms with Crippen molar-refractivity contribution in [1.29, 1.82) is 0 Å². The lowest BCUT2D eigenvalue weighted by molar-refractivity contribution is -0.0131. The molecule has 0 aromatic carbocycles. The van der Waals surface area contributed by atoms with E-state index < -0.39 is 0 Å². The van der Waals surface area contributed by atoms with E-state index in [-0.39, 0.29) is 11.6 Å². The van der Waals surface area contributed by atoms with Crippen LogP contribution in [-0.4, -0.2) is 44.3 Å². The quantitative estimate of drug-likeness (QED) is 0.833. The molecule has 0 saturated carbocycles. The fourth-order valence-corrected chi connectivity index (χ4v) is 3.27. The molecule has 0 radical (unpaired) electrons. The summed E-state index contributed by atoms with van der Waals surface area (Å²) in [5.74, 6) is 1.01. The van der Waals surface area contributed by atoms with Crippen LogP contribution in [0.25, 0.3) is 0 Å². The number of rotatable bonds is 7. The van der Waals surface area contributed by atoms with Gasteiger partial charge in [-0.2, -0.15) is 0 Å². The van der Waals surface area contributed by atoms with Gasteiger partial charge in [0, 0.05) is 30.9 Å². The third-order valence-electron chi connectivity index (χ3n) is 4.90. The first-order valence-corrected chi connectivity index (χ1v) is 8.05. The second-order valence-electron chi connectivity index (χ2n) is 6.16. The van der Waals surface area contributed by atoms with Gasteiger partial charge in [-0.1, -0.05) is 13.8 Å². The standard InChI is InChI=1S/C16H29N3O/c1-4-9-18-12-8-17-15(18)13-14(20)16(3,5-2)19-10-6-7-11-19/h8,12,14,20H,4-7,9-11,13H2,1-3H3. The molecule has 1 saturated heterocycles. The summed E-state index contributed by atoms with van der Waals surface area (Å²) >= 11 is 0.